The van der Waals surface area contributed by atoms with Crippen molar-refractivity contribution < 1.29 is 32.8 Å². The van der Waals surface area contributed by atoms with Crippen LogP contribution in [0.4, 0.5) is 0 Å². The van der Waals surface area contributed by atoms with E-state index in [1.165, 1.54) is 0 Å². The van der Waals surface area contributed by atoms with E-state index in [0.717, 1.165) is 92.0 Å². The van der Waals surface area contributed by atoms with Crippen LogP contribution in [0.25, 0.3) is 55.0 Å². The quantitative estimate of drug-likeness (QED) is 0.116. The number of hydrogen-bond donors (Lipinski definition) is 0. The summed E-state index contributed by atoms with van der Waals surface area (Å²) in [6.45, 7) is 3.83. The van der Waals surface area contributed by atoms with Crippen molar-refractivity contribution in [2.45, 2.75) is 18.3 Å². The SMILES string of the molecule is c1ccc(-c2c(-c3ccc(OCC4CO4)cc3)oc3c4ccccc4c4ccc(OCC5CO5)cc4c23)c(OCC2CO2)c1. The first-order chi connectivity index (χ1) is 21.8. The van der Waals surface area contributed by atoms with Crippen LogP contribution in [-0.2, 0) is 14.2 Å². The lowest BCUT2D eigenvalue weighted by Crippen LogP contribution is -2.05. The number of furan rings is 1. The van der Waals surface area contributed by atoms with Gasteiger partial charge in [0.05, 0.1) is 19.8 Å². The molecule has 0 saturated carbocycles. The first-order valence-corrected chi connectivity index (χ1v) is 15.1. The maximum absolute atomic E-state index is 6.95. The second-order valence-electron chi connectivity index (χ2n) is 11.6. The zero-order valence-corrected chi connectivity index (χ0v) is 24.0. The molecule has 7 nitrogen and oxygen atoms in total. The van der Waals surface area contributed by atoms with E-state index in [0.29, 0.717) is 19.8 Å². The van der Waals surface area contributed by atoms with Gasteiger partial charge < -0.3 is 32.8 Å². The summed E-state index contributed by atoms with van der Waals surface area (Å²) < 4.78 is 41.6. The molecule has 0 radical (unpaired) electrons. The van der Waals surface area contributed by atoms with Crippen LogP contribution in [-0.4, -0.2) is 58.0 Å². The topological polar surface area (TPSA) is 78.4 Å². The third-order valence-corrected chi connectivity index (χ3v) is 8.41. The molecule has 0 N–H and O–H groups in total. The van der Waals surface area contributed by atoms with Crippen LogP contribution in [0.15, 0.2) is 95.4 Å². The summed E-state index contributed by atoms with van der Waals surface area (Å²) in [4.78, 5) is 0. The molecule has 6 aromatic rings. The predicted molar refractivity (Wildman–Crippen MR) is 168 cm³/mol. The number of rotatable bonds is 11. The minimum Gasteiger partial charge on any atom is -0.491 e. The molecule has 3 saturated heterocycles. The smallest absolute Gasteiger partial charge is 0.143 e. The van der Waals surface area contributed by atoms with Gasteiger partial charge in [-0.15, -0.1) is 0 Å². The standard InChI is InChI=1S/C37H30O7/c1-2-6-30-28(5-1)29-14-13-24(39-17-26-19-41-26)15-32(29)35-34(31-7-3-4-8-33(31)43-21-27-20-42-27)36(44-37(30)35)22-9-11-23(12-10-22)38-16-25-18-40-25/h1-15,25-27H,16-21H2. The molecule has 0 bridgehead atoms. The fraction of sp³-hybridized carbons (Fsp3) is 0.243. The first kappa shape index (κ1) is 25.9. The molecule has 5 aromatic carbocycles. The summed E-state index contributed by atoms with van der Waals surface area (Å²) in [5.41, 5.74) is 3.71. The van der Waals surface area contributed by atoms with E-state index in [4.69, 9.17) is 32.8 Å². The van der Waals surface area contributed by atoms with Gasteiger partial charge in [-0.1, -0.05) is 48.5 Å². The molecular weight excluding hydrogens is 556 g/mol. The maximum Gasteiger partial charge on any atom is 0.143 e. The molecular formula is C37H30O7. The Balaban J connectivity index is 1.28. The molecule has 220 valence electrons. The maximum atomic E-state index is 6.95. The van der Waals surface area contributed by atoms with E-state index >= 15 is 0 Å². The van der Waals surface area contributed by atoms with E-state index < -0.39 is 0 Å². The molecule has 0 spiro atoms. The second kappa shape index (κ2) is 10.6. The zero-order valence-electron chi connectivity index (χ0n) is 24.0. The Hall–Kier alpha value is -4.56. The summed E-state index contributed by atoms with van der Waals surface area (Å²) in [5.74, 6) is 3.16. The van der Waals surface area contributed by atoms with Crippen LogP contribution in [0.2, 0.25) is 0 Å². The van der Waals surface area contributed by atoms with Crippen molar-refractivity contribution in [1.82, 2.24) is 0 Å². The van der Waals surface area contributed by atoms with Crippen molar-refractivity contribution in [3.63, 3.8) is 0 Å². The van der Waals surface area contributed by atoms with E-state index in [-0.39, 0.29) is 18.3 Å². The van der Waals surface area contributed by atoms with E-state index in [1.54, 1.807) is 0 Å². The van der Waals surface area contributed by atoms with Gasteiger partial charge in [0.25, 0.3) is 0 Å². The Morgan fingerprint density at radius 1 is 0.568 bits per heavy atom. The van der Waals surface area contributed by atoms with Gasteiger partial charge in [-0.05, 0) is 58.6 Å². The first-order valence-electron chi connectivity index (χ1n) is 15.1. The normalized spacial score (nSPS) is 20.2. The highest BCUT2D eigenvalue weighted by Crippen LogP contribution is 2.50. The lowest BCUT2D eigenvalue weighted by Gasteiger charge is -2.14. The molecule has 0 aliphatic carbocycles. The largest absolute Gasteiger partial charge is 0.491 e. The van der Waals surface area contributed by atoms with Crippen molar-refractivity contribution in [2.75, 3.05) is 39.6 Å². The molecule has 7 heteroatoms. The molecule has 3 aliphatic rings. The van der Waals surface area contributed by atoms with Crippen LogP contribution in [0.3, 0.4) is 0 Å². The number of fused-ring (bicyclic) bond motifs is 6. The third-order valence-electron chi connectivity index (χ3n) is 8.41. The van der Waals surface area contributed by atoms with Crippen LogP contribution >= 0.6 is 0 Å². The molecule has 9 rings (SSSR count). The summed E-state index contributed by atoms with van der Waals surface area (Å²) >= 11 is 0. The lowest BCUT2D eigenvalue weighted by molar-refractivity contribution is 0.263. The Morgan fingerprint density at radius 3 is 1.89 bits per heavy atom. The number of epoxide rings is 3. The fourth-order valence-corrected chi connectivity index (χ4v) is 5.86. The Morgan fingerprint density at radius 2 is 1.16 bits per heavy atom. The average molecular weight is 587 g/mol. The predicted octanol–water partition coefficient (Wildman–Crippen LogP) is 7.41. The number of para-hydroxylation sites is 1. The van der Waals surface area contributed by atoms with Crippen molar-refractivity contribution in [2.24, 2.45) is 0 Å². The highest BCUT2D eigenvalue weighted by molar-refractivity contribution is 6.28. The highest BCUT2D eigenvalue weighted by atomic mass is 16.6. The summed E-state index contributed by atoms with van der Waals surface area (Å²) in [6, 6.07) is 31.0. The third kappa shape index (κ3) is 4.93. The molecule has 0 amide bonds. The fourth-order valence-electron chi connectivity index (χ4n) is 5.86. The van der Waals surface area contributed by atoms with Crippen molar-refractivity contribution in [3.05, 3.63) is 91.0 Å². The highest BCUT2D eigenvalue weighted by Gasteiger charge is 2.28. The van der Waals surface area contributed by atoms with Gasteiger partial charge >= 0.3 is 0 Å². The average Bonchev–Trinajstić information content (AvgIpc) is 3.94. The minimum absolute atomic E-state index is 0.136. The van der Waals surface area contributed by atoms with Crippen LogP contribution in [0.1, 0.15) is 0 Å². The Bertz CT molecular complexity index is 2000. The molecule has 4 heterocycles. The van der Waals surface area contributed by atoms with Gasteiger partial charge in [-0.25, -0.2) is 0 Å². The van der Waals surface area contributed by atoms with Gasteiger partial charge in [-0.3, -0.25) is 0 Å². The Kier molecular flexibility index (Phi) is 6.21. The van der Waals surface area contributed by atoms with Crippen LogP contribution < -0.4 is 14.2 Å². The van der Waals surface area contributed by atoms with E-state index in [9.17, 15) is 0 Å². The minimum atomic E-state index is 0.136. The molecule has 3 aliphatic heterocycles. The number of hydrogen-bond acceptors (Lipinski definition) is 7. The van der Waals surface area contributed by atoms with Gasteiger partial charge in [0.2, 0.25) is 0 Å². The van der Waals surface area contributed by atoms with E-state index in [1.807, 2.05) is 36.4 Å². The van der Waals surface area contributed by atoms with Gasteiger partial charge in [0, 0.05) is 27.5 Å². The molecule has 44 heavy (non-hydrogen) atoms. The van der Waals surface area contributed by atoms with Crippen LogP contribution in [0, 0.1) is 0 Å². The number of benzene rings is 5. The van der Waals surface area contributed by atoms with Crippen LogP contribution in [0.5, 0.6) is 17.2 Å². The monoisotopic (exact) mass is 586 g/mol. The number of ether oxygens (including phenoxy) is 6. The van der Waals surface area contributed by atoms with Crippen molar-refractivity contribution in [3.8, 4) is 39.7 Å². The zero-order chi connectivity index (χ0) is 29.0. The van der Waals surface area contributed by atoms with E-state index in [2.05, 4.69) is 54.6 Å². The van der Waals surface area contributed by atoms with Gasteiger partial charge in [0.1, 0.15) is 66.7 Å². The summed E-state index contributed by atoms with van der Waals surface area (Å²) in [7, 11) is 0. The summed E-state index contributed by atoms with van der Waals surface area (Å²) in [5, 5.41) is 5.39. The van der Waals surface area contributed by atoms with Gasteiger partial charge in [-0.2, -0.15) is 0 Å². The molecule has 3 fully saturated rings. The molecule has 3 unspecified atom stereocenters. The Labute approximate surface area is 253 Å². The molecule has 3 atom stereocenters. The van der Waals surface area contributed by atoms with Crippen molar-refractivity contribution in [1.29, 1.82) is 0 Å². The van der Waals surface area contributed by atoms with Gasteiger partial charge in [0.15, 0.2) is 0 Å². The lowest BCUT2D eigenvalue weighted by atomic mass is 9.92. The van der Waals surface area contributed by atoms with Crippen molar-refractivity contribution >= 4 is 32.5 Å². The summed E-state index contributed by atoms with van der Waals surface area (Å²) in [6.07, 6.45) is 0.500. The second-order valence-corrected chi connectivity index (χ2v) is 11.6. The molecule has 1 aromatic heterocycles.